The van der Waals surface area contributed by atoms with E-state index in [0.717, 1.165) is 5.56 Å². The van der Waals surface area contributed by atoms with E-state index in [1.807, 2.05) is 30.3 Å². The zero-order chi connectivity index (χ0) is 51.7. The van der Waals surface area contributed by atoms with Gasteiger partial charge >= 0.3 is 104 Å². The maximum atomic E-state index is 8.74. The van der Waals surface area contributed by atoms with Crippen LogP contribution in [0.15, 0.2) is 30.3 Å². The van der Waals surface area contributed by atoms with Crippen LogP contribution in [0.5, 0.6) is 0 Å². The molecule has 24 N–H and O–H groups in total. The van der Waals surface area contributed by atoms with Crippen LogP contribution in [0.1, 0.15) is 11.7 Å². The summed E-state index contributed by atoms with van der Waals surface area (Å²) in [6.45, 7) is 0. The highest BCUT2D eigenvalue weighted by Gasteiger charge is 1.94. The Labute approximate surface area is 331 Å². The van der Waals surface area contributed by atoms with Crippen LogP contribution in [0.4, 0.5) is 0 Å². The normalized spacial score (nSPS) is 11.4. The van der Waals surface area contributed by atoms with E-state index >= 15 is 0 Å². The van der Waals surface area contributed by atoms with Crippen molar-refractivity contribution in [3.05, 3.63) is 35.9 Å². The standard InChI is InChI=1S/C7H10N2.10H2O4S/c8-7(9)6-4-2-1-3-5-6;10*1-5(2,3)4/h1-5,7H,8-9H2;10*(H2,1,2,3,4). The van der Waals surface area contributed by atoms with Crippen LogP contribution in [0.25, 0.3) is 0 Å². The van der Waals surface area contributed by atoms with E-state index in [9.17, 15) is 0 Å². The summed E-state index contributed by atoms with van der Waals surface area (Å²) in [7, 11) is -46.7. The molecule has 59 heavy (non-hydrogen) atoms. The number of hydrogen-bond acceptors (Lipinski definition) is 22. The highest BCUT2D eigenvalue weighted by Crippen LogP contribution is 2.01. The van der Waals surface area contributed by atoms with E-state index in [4.69, 9.17) is 187 Å². The maximum absolute atomic E-state index is 8.74. The third-order valence-corrected chi connectivity index (χ3v) is 1.18. The van der Waals surface area contributed by atoms with E-state index in [2.05, 4.69) is 0 Å². The second kappa shape index (κ2) is 35.4. The second-order valence-electron chi connectivity index (χ2n) is 6.41. The first-order chi connectivity index (χ1) is 24.3. The van der Waals surface area contributed by atoms with E-state index in [-0.39, 0.29) is 6.17 Å². The summed E-state index contributed by atoms with van der Waals surface area (Å²) in [5, 5.41) is 0. The summed E-state index contributed by atoms with van der Waals surface area (Å²) < 4.78 is 316. The minimum atomic E-state index is -4.67. The molecule has 0 radical (unpaired) electrons. The van der Waals surface area contributed by atoms with Gasteiger partial charge in [0.25, 0.3) is 0 Å². The summed E-state index contributed by atoms with van der Waals surface area (Å²) in [6, 6.07) is 9.59. The molecule has 0 unspecified atom stereocenters. The SMILES string of the molecule is NC(N)c1ccccc1.O=S(=O)(O)O.O=S(=O)(O)O.O=S(=O)(O)O.O=S(=O)(O)O.O=S(=O)(O)O.O=S(=O)(O)O.O=S(=O)(O)O.O=S(=O)(O)O.O=S(=O)(O)O.O=S(=O)(O)O. The van der Waals surface area contributed by atoms with Crippen LogP contribution in [-0.4, -0.2) is 175 Å². The monoisotopic (exact) mass is 1100 g/mol. The quantitative estimate of drug-likeness (QED) is 0.0920. The van der Waals surface area contributed by atoms with Crippen LogP contribution >= 0.6 is 0 Å². The Hall–Kier alpha value is -2.16. The van der Waals surface area contributed by atoms with Crippen LogP contribution < -0.4 is 11.5 Å². The molecule has 42 nitrogen and oxygen atoms in total. The predicted molar refractivity (Wildman–Crippen MR) is 179 cm³/mol. The highest BCUT2D eigenvalue weighted by molar-refractivity contribution is 7.81. The molecule has 0 aromatic heterocycles. The molecule has 0 atom stereocenters. The van der Waals surface area contributed by atoms with Gasteiger partial charge < -0.3 is 11.5 Å². The van der Waals surface area contributed by atoms with Gasteiger partial charge in [0.2, 0.25) is 0 Å². The largest absolute Gasteiger partial charge is 0.394 e. The third-order valence-electron chi connectivity index (χ3n) is 1.18. The predicted octanol–water partition coefficient (Wildman–Crippen LogP) is -5.93. The molecular formula is C7H30N2O40S10. The van der Waals surface area contributed by atoms with Gasteiger partial charge in [0.15, 0.2) is 0 Å². The van der Waals surface area contributed by atoms with Crippen molar-refractivity contribution in [1.29, 1.82) is 0 Å². The molecule has 52 heteroatoms. The Bertz CT molecular complexity index is 1760. The van der Waals surface area contributed by atoms with Crippen molar-refractivity contribution in [2.24, 2.45) is 11.5 Å². The lowest BCUT2D eigenvalue weighted by atomic mass is 10.2. The van der Waals surface area contributed by atoms with Crippen molar-refractivity contribution in [2.75, 3.05) is 0 Å². The molecule has 0 aliphatic carbocycles. The number of nitrogens with two attached hydrogens (primary N) is 2. The molecule has 0 fully saturated rings. The maximum Gasteiger partial charge on any atom is 0.394 e. The van der Waals surface area contributed by atoms with Gasteiger partial charge in [-0.3, -0.25) is 91.1 Å². The number of hydrogen-bond donors (Lipinski definition) is 22. The minimum absolute atomic E-state index is 0.341. The Balaban J connectivity index is -0.0000000564. The number of rotatable bonds is 1. The Morgan fingerprint density at radius 2 is 0.339 bits per heavy atom. The fraction of sp³-hybridized carbons (Fsp3) is 0.143. The highest BCUT2D eigenvalue weighted by atomic mass is 32.3. The lowest BCUT2D eigenvalue weighted by Gasteiger charge is -2.02. The van der Waals surface area contributed by atoms with E-state index in [0.29, 0.717) is 0 Å². The molecular weight excluding hydrogens is 1070 g/mol. The molecule has 0 bridgehead atoms. The zero-order valence-electron chi connectivity index (χ0n) is 26.3. The first-order valence-electron chi connectivity index (χ1n) is 9.85. The summed E-state index contributed by atoms with van der Waals surface area (Å²) in [4.78, 5) is 0. The number of benzene rings is 1. The van der Waals surface area contributed by atoms with Gasteiger partial charge in [-0.2, -0.15) is 84.2 Å². The van der Waals surface area contributed by atoms with Crippen molar-refractivity contribution >= 4 is 104 Å². The fourth-order valence-electron chi connectivity index (χ4n) is 0.675. The molecule has 1 rings (SSSR count). The van der Waals surface area contributed by atoms with E-state index in [1.165, 1.54) is 0 Å². The van der Waals surface area contributed by atoms with Gasteiger partial charge in [-0.15, -0.1) is 0 Å². The van der Waals surface area contributed by atoms with Gasteiger partial charge in [-0.25, -0.2) is 0 Å². The lowest BCUT2D eigenvalue weighted by molar-refractivity contribution is 0.378. The smallest absolute Gasteiger partial charge is 0.312 e. The first kappa shape index (κ1) is 80.8. The topological polar surface area (TPSA) is 798 Å². The third kappa shape index (κ3) is 1670. The van der Waals surface area contributed by atoms with Gasteiger partial charge in [-0.05, 0) is 5.56 Å². The lowest BCUT2D eigenvalue weighted by Crippen LogP contribution is -2.19. The Morgan fingerprint density at radius 1 is 0.254 bits per heavy atom. The van der Waals surface area contributed by atoms with Crippen LogP contribution in [0.2, 0.25) is 0 Å². The van der Waals surface area contributed by atoms with Gasteiger partial charge in [0.1, 0.15) is 0 Å². The molecule has 0 aliphatic heterocycles. The second-order valence-corrected chi connectivity index (χ2v) is 15.4. The average Bonchev–Trinajstić information content (AvgIpc) is 2.68. The average molecular weight is 1100 g/mol. The van der Waals surface area contributed by atoms with Gasteiger partial charge in [0.05, 0.1) is 6.17 Å². The van der Waals surface area contributed by atoms with Crippen molar-refractivity contribution in [3.8, 4) is 0 Å². The van der Waals surface area contributed by atoms with Gasteiger partial charge in [0, 0.05) is 0 Å². The summed E-state index contributed by atoms with van der Waals surface area (Å²) in [6.07, 6.45) is -0.341. The van der Waals surface area contributed by atoms with Crippen molar-refractivity contribution in [3.63, 3.8) is 0 Å². The molecule has 1 aromatic carbocycles. The van der Waals surface area contributed by atoms with Crippen LogP contribution in [0.3, 0.4) is 0 Å². The molecule has 0 amide bonds. The molecule has 0 heterocycles. The first-order valence-corrected chi connectivity index (χ1v) is 23.8. The Morgan fingerprint density at radius 3 is 0.390 bits per heavy atom. The minimum Gasteiger partial charge on any atom is -0.312 e. The molecule has 1 aromatic rings. The fourth-order valence-corrected chi connectivity index (χ4v) is 0.675. The van der Waals surface area contributed by atoms with E-state index < -0.39 is 104 Å². The van der Waals surface area contributed by atoms with Gasteiger partial charge in [-0.1, -0.05) is 30.3 Å². The molecule has 0 saturated carbocycles. The van der Waals surface area contributed by atoms with Crippen molar-refractivity contribution in [1.82, 2.24) is 0 Å². The van der Waals surface area contributed by atoms with Crippen LogP contribution in [-0.2, 0) is 104 Å². The summed E-state index contributed by atoms with van der Waals surface area (Å²) >= 11 is 0. The van der Waals surface area contributed by atoms with Crippen LogP contribution in [0, 0.1) is 0 Å². The summed E-state index contributed by atoms with van der Waals surface area (Å²) in [5.74, 6) is 0. The summed E-state index contributed by atoms with van der Waals surface area (Å²) in [5.41, 5.74) is 11.8. The van der Waals surface area contributed by atoms with Crippen molar-refractivity contribution in [2.45, 2.75) is 6.17 Å². The molecule has 0 saturated heterocycles. The van der Waals surface area contributed by atoms with Crippen molar-refractivity contribution < 1.29 is 175 Å². The molecule has 0 aliphatic rings. The Kier molecular flexibility index (Phi) is 48.5. The van der Waals surface area contributed by atoms with E-state index in [1.54, 1.807) is 0 Å². The molecule has 368 valence electrons. The zero-order valence-corrected chi connectivity index (χ0v) is 34.5. The molecule has 0 spiro atoms.